The van der Waals surface area contributed by atoms with E-state index in [-0.39, 0.29) is 23.0 Å². The Morgan fingerprint density at radius 1 is 0.413 bits per heavy atom. The van der Waals surface area contributed by atoms with Crippen LogP contribution in [0.25, 0.3) is 0 Å². The minimum atomic E-state index is 0.269. The maximum atomic E-state index is 10.2. The Morgan fingerprint density at radius 2 is 0.739 bits per heavy atom. The molecule has 2 rings (SSSR count). The summed E-state index contributed by atoms with van der Waals surface area (Å²) in [5.74, 6) is 3.90. The second-order valence-corrected chi connectivity index (χ2v) is 15.1. The van der Waals surface area contributed by atoms with Crippen molar-refractivity contribution in [1.82, 2.24) is 0 Å². The molecule has 0 amide bonds. The zero-order chi connectivity index (χ0) is 34.5. The average Bonchev–Trinajstić information content (AvgIpc) is 2.96. The van der Waals surface area contributed by atoms with Crippen molar-refractivity contribution in [3.05, 3.63) is 46.5 Å². The molecule has 4 heteroatoms. The van der Waals surface area contributed by atoms with Crippen LogP contribution in [-0.4, -0.2) is 20.4 Å². The van der Waals surface area contributed by atoms with E-state index in [1.165, 1.54) is 64.2 Å². The van der Waals surface area contributed by atoms with Crippen molar-refractivity contribution in [3.63, 3.8) is 0 Å². The van der Waals surface area contributed by atoms with Gasteiger partial charge in [0.25, 0.3) is 0 Å². The van der Waals surface area contributed by atoms with Crippen molar-refractivity contribution in [2.24, 2.45) is 23.7 Å². The van der Waals surface area contributed by atoms with Crippen molar-refractivity contribution in [1.29, 1.82) is 0 Å². The molecule has 264 valence electrons. The first-order valence-electron chi connectivity index (χ1n) is 18.9. The van der Waals surface area contributed by atoms with Crippen LogP contribution in [0, 0.1) is 23.7 Å². The van der Waals surface area contributed by atoms with Gasteiger partial charge in [0.15, 0.2) is 0 Å². The summed E-state index contributed by atoms with van der Waals surface area (Å²) in [5, 5.41) is 40.9. The zero-order valence-electron chi connectivity index (χ0n) is 31.1. The smallest absolute Gasteiger partial charge is 0.122 e. The lowest BCUT2D eigenvalue weighted by atomic mass is 9.93. The van der Waals surface area contributed by atoms with Gasteiger partial charge < -0.3 is 20.4 Å². The number of aromatic hydroxyl groups is 4. The van der Waals surface area contributed by atoms with Gasteiger partial charge in [-0.3, -0.25) is 0 Å². The predicted molar refractivity (Wildman–Crippen MR) is 198 cm³/mol. The molecule has 0 unspecified atom stereocenters. The molecule has 2 atom stereocenters. The molecule has 4 nitrogen and oxygen atoms in total. The highest BCUT2D eigenvalue weighted by Gasteiger charge is 2.14. The molecule has 0 aromatic heterocycles. The van der Waals surface area contributed by atoms with E-state index in [1.54, 1.807) is 0 Å². The second-order valence-electron chi connectivity index (χ2n) is 15.1. The van der Waals surface area contributed by atoms with Gasteiger partial charge in [0.2, 0.25) is 0 Å². The van der Waals surface area contributed by atoms with Crippen LogP contribution in [0.2, 0.25) is 0 Å². The first-order chi connectivity index (χ1) is 21.9. The van der Waals surface area contributed by atoms with Crippen molar-refractivity contribution >= 4 is 0 Å². The molecule has 0 heterocycles. The lowest BCUT2D eigenvalue weighted by Gasteiger charge is -2.14. The summed E-state index contributed by atoms with van der Waals surface area (Å²) in [6.07, 6.45) is 20.0. The normalized spacial score (nSPS) is 12.7. The summed E-state index contributed by atoms with van der Waals surface area (Å²) in [6, 6.07) is 7.37. The highest BCUT2D eigenvalue weighted by atomic mass is 16.3. The molecule has 0 aliphatic rings. The molecule has 2 aromatic rings. The van der Waals surface area contributed by atoms with Gasteiger partial charge in [-0.15, -0.1) is 0 Å². The van der Waals surface area contributed by atoms with E-state index in [9.17, 15) is 20.4 Å². The highest BCUT2D eigenvalue weighted by molar-refractivity contribution is 5.47. The summed E-state index contributed by atoms with van der Waals surface area (Å²) in [5.41, 5.74) is 3.53. The van der Waals surface area contributed by atoms with Crippen molar-refractivity contribution in [2.75, 3.05) is 0 Å². The van der Waals surface area contributed by atoms with Gasteiger partial charge in [-0.05, 0) is 110 Å². The molecule has 2 aromatic carbocycles. The molecule has 0 spiro atoms. The van der Waals surface area contributed by atoms with Crippen LogP contribution in [0.4, 0.5) is 0 Å². The number of hydrogen-bond acceptors (Lipinski definition) is 4. The van der Waals surface area contributed by atoms with Gasteiger partial charge in [-0.25, -0.2) is 0 Å². The molecule has 0 saturated carbocycles. The molecule has 0 bridgehead atoms. The first kappa shape index (κ1) is 41.7. The van der Waals surface area contributed by atoms with Gasteiger partial charge >= 0.3 is 0 Å². The summed E-state index contributed by atoms with van der Waals surface area (Å²) < 4.78 is 0. The maximum absolute atomic E-state index is 10.2. The third kappa shape index (κ3) is 18.1. The number of hydrogen-bond donors (Lipinski definition) is 4. The third-order valence-electron chi connectivity index (χ3n) is 9.39. The Hall–Kier alpha value is -2.36. The molecule has 0 aliphatic carbocycles. The van der Waals surface area contributed by atoms with E-state index in [0.29, 0.717) is 11.8 Å². The topological polar surface area (TPSA) is 80.9 Å². The maximum Gasteiger partial charge on any atom is 0.122 e. The average molecular weight is 641 g/mol. The summed E-state index contributed by atoms with van der Waals surface area (Å²) in [6.45, 7) is 18.0. The molecule has 4 N–H and O–H groups in total. The van der Waals surface area contributed by atoms with E-state index >= 15 is 0 Å². The number of phenolic OH excluding ortho intramolecular Hbond substituents is 4. The van der Waals surface area contributed by atoms with Crippen LogP contribution in [0.15, 0.2) is 24.3 Å². The summed E-state index contributed by atoms with van der Waals surface area (Å²) >= 11 is 0. The highest BCUT2D eigenvalue weighted by Crippen LogP contribution is 2.33. The fourth-order valence-electron chi connectivity index (χ4n) is 6.18. The molecule has 0 fully saturated rings. The molecule has 0 saturated heterocycles. The zero-order valence-corrected chi connectivity index (χ0v) is 31.1. The monoisotopic (exact) mass is 641 g/mol. The quantitative estimate of drug-likeness (QED) is 0.0965. The fourth-order valence-corrected chi connectivity index (χ4v) is 6.18. The Kier molecular flexibility index (Phi) is 21.6. The SMILES string of the molecule is CCCCCc1cc(O)c(CC[C@@H](C)CCCC(C)C)c(O)c1.CCCCCc1cc(O)c(CC[C@H](C)CCCC(C)C)c(O)c1. The number of aryl methyl sites for hydroxylation is 2. The van der Waals surface area contributed by atoms with Crippen LogP contribution in [-0.2, 0) is 25.7 Å². The molecule has 0 aliphatic heterocycles. The lowest BCUT2D eigenvalue weighted by molar-refractivity contribution is 0.412. The minimum Gasteiger partial charge on any atom is -0.508 e. The van der Waals surface area contributed by atoms with Gasteiger partial charge in [-0.1, -0.05) is 120 Å². The summed E-state index contributed by atoms with van der Waals surface area (Å²) in [7, 11) is 0. The molecule has 46 heavy (non-hydrogen) atoms. The standard InChI is InChI=1S/2C21H36O2/c2*1-5-6-7-11-18-14-20(22)19(21(23)15-18)13-12-17(4)10-8-9-16(2)3/h2*14-17,22-23H,5-13H2,1-4H3/t2*17-/m10/s1. The van der Waals surface area contributed by atoms with E-state index in [1.807, 2.05) is 24.3 Å². The van der Waals surface area contributed by atoms with E-state index in [2.05, 4.69) is 55.4 Å². The number of phenols is 4. The van der Waals surface area contributed by atoms with Crippen LogP contribution in [0.3, 0.4) is 0 Å². The second kappa shape index (κ2) is 23.9. The van der Waals surface area contributed by atoms with E-state index in [0.717, 1.165) is 85.5 Å². The third-order valence-corrected chi connectivity index (χ3v) is 9.39. The molecular weight excluding hydrogens is 568 g/mol. The number of unbranched alkanes of at least 4 members (excludes halogenated alkanes) is 4. The van der Waals surface area contributed by atoms with E-state index < -0.39 is 0 Å². The van der Waals surface area contributed by atoms with Gasteiger partial charge in [0.05, 0.1) is 0 Å². The largest absolute Gasteiger partial charge is 0.508 e. The minimum absolute atomic E-state index is 0.269. The van der Waals surface area contributed by atoms with Gasteiger partial charge in [-0.2, -0.15) is 0 Å². The Morgan fingerprint density at radius 3 is 1.02 bits per heavy atom. The van der Waals surface area contributed by atoms with E-state index in [4.69, 9.17) is 0 Å². The molecule has 0 radical (unpaired) electrons. The lowest BCUT2D eigenvalue weighted by Crippen LogP contribution is -2.00. The number of benzene rings is 2. The molecular formula is C42H72O4. The fraction of sp³-hybridized carbons (Fsp3) is 0.714. The Balaban J connectivity index is 0.000000460. The Labute approximate surface area is 284 Å². The van der Waals surface area contributed by atoms with Crippen molar-refractivity contribution < 1.29 is 20.4 Å². The van der Waals surface area contributed by atoms with Crippen molar-refractivity contribution in [3.8, 4) is 23.0 Å². The van der Waals surface area contributed by atoms with Crippen LogP contribution < -0.4 is 0 Å². The predicted octanol–water partition coefficient (Wildman–Crippen LogP) is 12.5. The van der Waals surface area contributed by atoms with Gasteiger partial charge in [0.1, 0.15) is 23.0 Å². The summed E-state index contributed by atoms with van der Waals surface area (Å²) in [4.78, 5) is 0. The number of rotatable bonds is 22. The van der Waals surface area contributed by atoms with Crippen LogP contribution in [0.5, 0.6) is 23.0 Å². The first-order valence-corrected chi connectivity index (χ1v) is 18.9. The van der Waals surface area contributed by atoms with Crippen LogP contribution in [0.1, 0.15) is 168 Å². The van der Waals surface area contributed by atoms with Crippen LogP contribution >= 0.6 is 0 Å². The van der Waals surface area contributed by atoms with Gasteiger partial charge in [0, 0.05) is 11.1 Å². The van der Waals surface area contributed by atoms with Crippen molar-refractivity contribution in [2.45, 2.75) is 171 Å². The Bertz CT molecular complexity index is 942.